The SMILES string of the molecule is CCn1c(C(=O)NCC(C)(F)F)nc2c(N3CCC4(CC3)C(=O)Nc3ccccc34)ncnc21. The fourth-order valence-electron chi connectivity index (χ4n) is 4.91. The summed E-state index contributed by atoms with van der Waals surface area (Å²) in [6, 6.07) is 7.77. The third-order valence-electron chi connectivity index (χ3n) is 6.63. The molecule has 0 unspecified atom stereocenters. The van der Waals surface area contributed by atoms with Crippen molar-refractivity contribution < 1.29 is 18.4 Å². The van der Waals surface area contributed by atoms with E-state index in [1.165, 1.54) is 6.33 Å². The number of alkyl halides is 2. The average molecular weight is 469 g/mol. The number of para-hydroxylation sites is 1. The van der Waals surface area contributed by atoms with E-state index in [0.29, 0.717) is 49.5 Å². The van der Waals surface area contributed by atoms with Crippen molar-refractivity contribution in [1.82, 2.24) is 24.8 Å². The van der Waals surface area contributed by atoms with Crippen molar-refractivity contribution in [1.29, 1.82) is 0 Å². The molecule has 34 heavy (non-hydrogen) atoms. The smallest absolute Gasteiger partial charge is 0.287 e. The number of fused-ring (bicyclic) bond motifs is 3. The fraction of sp³-hybridized carbons (Fsp3) is 0.435. The second kappa shape index (κ2) is 8.00. The van der Waals surface area contributed by atoms with Crippen LogP contribution in [0.25, 0.3) is 11.2 Å². The van der Waals surface area contributed by atoms with Crippen LogP contribution in [0.4, 0.5) is 20.3 Å². The minimum absolute atomic E-state index is 0.0149. The van der Waals surface area contributed by atoms with Gasteiger partial charge in [-0.25, -0.2) is 23.7 Å². The lowest BCUT2D eigenvalue weighted by Crippen LogP contribution is -2.46. The molecule has 2 aliphatic heterocycles. The maximum atomic E-state index is 13.2. The highest BCUT2D eigenvalue weighted by Gasteiger charge is 2.48. The zero-order valence-electron chi connectivity index (χ0n) is 18.9. The van der Waals surface area contributed by atoms with Crippen molar-refractivity contribution in [3.63, 3.8) is 0 Å². The Kier molecular flexibility index (Phi) is 5.22. The number of amides is 2. The number of imidazole rings is 1. The van der Waals surface area contributed by atoms with Crippen molar-refractivity contribution in [3.8, 4) is 0 Å². The summed E-state index contributed by atoms with van der Waals surface area (Å²) in [5, 5.41) is 5.24. The molecule has 0 atom stereocenters. The quantitative estimate of drug-likeness (QED) is 0.595. The van der Waals surface area contributed by atoms with Gasteiger partial charge in [-0.1, -0.05) is 18.2 Å². The molecule has 1 aromatic carbocycles. The van der Waals surface area contributed by atoms with E-state index in [4.69, 9.17) is 0 Å². The molecule has 0 aliphatic carbocycles. The first-order valence-electron chi connectivity index (χ1n) is 11.3. The highest BCUT2D eigenvalue weighted by Crippen LogP contribution is 2.45. The maximum Gasteiger partial charge on any atom is 0.287 e. The van der Waals surface area contributed by atoms with E-state index in [2.05, 4.69) is 25.6 Å². The number of rotatable bonds is 5. The first-order valence-corrected chi connectivity index (χ1v) is 11.3. The normalized spacial score (nSPS) is 17.2. The van der Waals surface area contributed by atoms with E-state index >= 15 is 0 Å². The van der Waals surface area contributed by atoms with Crippen LogP contribution in [-0.2, 0) is 16.8 Å². The van der Waals surface area contributed by atoms with Gasteiger partial charge in [0.2, 0.25) is 11.7 Å². The lowest BCUT2D eigenvalue weighted by Gasteiger charge is -2.38. The summed E-state index contributed by atoms with van der Waals surface area (Å²) in [5.41, 5.74) is 2.21. The molecular weight excluding hydrogens is 444 g/mol. The van der Waals surface area contributed by atoms with Crippen LogP contribution >= 0.6 is 0 Å². The van der Waals surface area contributed by atoms with Crippen LogP contribution in [0.3, 0.4) is 0 Å². The summed E-state index contributed by atoms with van der Waals surface area (Å²) >= 11 is 0. The summed E-state index contributed by atoms with van der Waals surface area (Å²) in [7, 11) is 0. The molecule has 11 heteroatoms. The van der Waals surface area contributed by atoms with E-state index in [1.54, 1.807) is 4.57 Å². The second-order valence-corrected chi connectivity index (χ2v) is 8.87. The van der Waals surface area contributed by atoms with Gasteiger partial charge in [0.15, 0.2) is 17.0 Å². The lowest BCUT2D eigenvalue weighted by atomic mass is 9.73. The Bertz CT molecular complexity index is 1280. The minimum atomic E-state index is -3.03. The van der Waals surface area contributed by atoms with Gasteiger partial charge >= 0.3 is 0 Å². The van der Waals surface area contributed by atoms with Gasteiger partial charge in [0, 0.05) is 32.2 Å². The number of aromatic nitrogens is 4. The number of anilines is 2. The van der Waals surface area contributed by atoms with E-state index in [1.807, 2.05) is 36.1 Å². The Balaban J connectivity index is 1.44. The molecule has 2 aliphatic rings. The van der Waals surface area contributed by atoms with Crippen LogP contribution in [0.2, 0.25) is 0 Å². The molecule has 0 bridgehead atoms. The monoisotopic (exact) mass is 469 g/mol. The van der Waals surface area contributed by atoms with E-state index in [-0.39, 0.29) is 11.7 Å². The average Bonchev–Trinajstić information content (AvgIpc) is 3.33. The van der Waals surface area contributed by atoms with Gasteiger partial charge < -0.3 is 20.1 Å². The van der Waals surface area contributed by atoms with Crippen molar-refractivity contribution in [2.45, 2.75) is 44.6 Å². The van der Waals surface area contributed by atoms with Gasteiger partial charge in [-0.05, 0) is 31.4 Å². The van der Waals surface area contributed by atoms with Crippen molar-refractivity contribution in [2.24, 2.45) is 0 Å². The molecule has 178 valence electrons. The number of hydrogen-bond donors (Lipinski definition) is 2. The summed E-state index contributed by atoms with van der Waals surface area (Å²) in [5.74, 6) is -3.12. The first-order chi connectivity index (χ1) is 16.2. The number of carbonyl (C=O) groups excluding carboxylic acids is 2. The first kappa shape index (κ1) is 22.2. The third kappa shape index (κ3) is 3.55. The predicted molar refractivity (Wildman–Crippen MR) is 122 cm³/mol. The number of benzene rings is 1. The molecule has 4 heterocycles. The Morgan fingerprint density at radius 1 is 1.24 bits per heavy atom. The van der Waals surface area contributed by atoms with Gasteiger partial charge in [-0.15, -0.1) is 0 Å². The number of nitrogens with zero attached hydrogens (tertiary/aromatic N) is 5. The number of hydrogen-bond acceptors (Lipinski definition) is 6. The molecule has 2 N–H and O–H groups in total. The van der Waals surface area contributed by atoms with E-state index in [0.717, 1.165) is 18.2 Å². The molecular formula is C23H25F2N7O2. The van der Waals surface area contributed by atoms with Crippen LogP contribution in [-0.4, -0.2) is 56.9 Å². The van der Waals surface area contributed by atoms with Gasteiger partial charge in [-0.2, -0.15) is 0 Å². The van der Waals surface area contributed by atoms with Gasteiger partial charge in [0.05, 0.1) is 12.0 Å². The molecule has 2 amide bonds. The predicted octanol–water partition coefficient (Wildman–Crippen LogP) is 2.72. The van der Waals surface area contributed by atoms with Crippen LogP contribution in [0.1, 0.15) is 42.9 Å². The number of piperidine rings is 1. The number of carbonyl (C=O) groups is 2. The van der Waals surface area contributed by atoms with Crippen LogP contribution in [0.15, 0.2) is 30.6 Å². The number of nitrogens with one attached hydrogen (secondary N) is 2. The van der Waals surface area contributed by atoms with Gasteiger partial charge in [-0.3, -0.25) is 9.59 Å². The van der Waals surface area contributed by atoms with Crippen LogP contribution in [0.5, 0.6) is 0 Å². The van der Waals surface area contributed by atoms with E-state index < -0.39 is 23.8 Å². The highest BCUT2D eigenvalue weighted by molar-refractivity contribution is 6.06. The summed E-state index contributed by atoms with van der Waals surface area (Å²) < 4.78 is 28.1. The van der Waals surface area contributed by atoms with Crippen molar-refractivity contribution >= 4 is 34.5 Å². The van der Waals surface area contributed by atoms with Gasteiger partial charge in [0.1, 0.15) is 6.33 Å². The van der Waals surface area contributed by atoms with Crippen LogP contribution in [0, 0.1) is 0 Å². The molecule has 1 saturated heterocycles. The zero-order chi connectivity index (χ0) is 24.1. The van der Waals surface area contributed by atoms with Gasteiger partial charge in [0.25, 0.3) is 11.8 Å². The summed E-state index contributed by atoms with van der Waals surface area (Å²) in [6.45, 7) is 3.31. The molecule has 1 spiro atoms. The van der Waals surface area contributed by atoms with E-state index in [9.17, 15) is 18.4 Å². The summed E-state index contributed by atoms with van der Waals surface area (Å²) in [6.07, 6.45) is 2.62. The Labute approximate surface area is 194 Å². The molecule has 5 rings (SSSR count). The lowest BCUT2D eigenvalue weighted by molar-refractivity contribution is -0.121. The molecule has 9 nitrogen and oxygen atoms in total. The molecule has 0 saturated carbocycles. The molecule has 1 fully saturated rings. The highest BCUT2D eigenvalue weighted by atomic mass is 19.3. The zero-order valence-corrected chi connectivity index (χ0v) is 18.9. The molecule has 3 aromatic rings. The Morgan fingerprint density at radius 2 is 1.97 bits per heavy atom. The Hall–Kier alpha value is -3.63. The third-order valence-corrected chi connectivity index (χ3v) is 6.63. The number of aryl methyl sites for hydroxylation is 1. The topological polar surface area (TPSA) is 105 Å². The second-order valence-electron chi connectivity index (χ2n) is 8.87. The van der Waals surface area contributed by atoms with Crippen molar-refractivity contribution in [3.05, 3.63) is 42.0 Å². The number of halogens is 2. The summed E-state index contributed by atoms with van der Waals surface area (Å²) in [4.78, 5) is 40.7. The van der Waals surface area contributed by atoms with Crippen LogP contribution < -0.4 is 15.5 Å². The Morgan fingerprint density at radius 3 is 2.68 bits per heavy atom. The largest absolute Gasteiger partial charge is 0.355 e. The minimum Gasteiger partial charge on any atom is -0.355 e. The molecule has 0 radical (unpaired) electrons. The fourth-order valence-corrected chi connectivity index (χ4v) is 4.91. The molecule has 2 aromatic heterocycles. The maximum absolute atomic E-state index is 13.2. The van der Waals surface area contributed by atoms with Crippen molar-refractivity contribution in [2.75, 3.05) is 29.9 Å². The standard InChI is InChI=1S/C23H25F2N7O2/c1-3-32-18-16(30-19(32)20(33)26-12-22(2,24)25)17(27-13-28-18)31-10-8-23(9-11-31)14-6-4-5-7-15(14)29-21(23)34/h4-7,13H,3,8-12H2,1-2H3,(H,26,33)(H,29,34).